The Morgan fingerprint density at radius 3 is 2.53 bits per heavy atom. The van der Waals surface area contributed by atoms with Crippen LogP contribution in [-0.4, -0.2) is 53.8 Å². The van der Waals surface area contributed by atoms with Gasteiger partial charge in [0.15, 0.2) is 11.6 Å². The first-order chi connectivity index (χ1) is 21.5. The van der Waals surface area contributed by atoms with Gasteiger partial charge in [0.05, 0.1) is 6.61 Å². The number of halogens is 2. The van der Waals surface area contributed by atoms with Crippen LogP contribution in [0.5, 0.6) is 5.75 Å². The molecule has 1 aliphatic heterocycles. The fraction of sp³-hybridized carbons (Fsp3) is 0.382. The predicted molar refractivity (Wildman–Crippen MR) is 172 cm³/mol. The second-order valence-electron chi connectivity index (χ2n) is 11.7. The maximum absolute atomic E-state index is 14.2. The Bertz CT molecular complexity index is 1490. The molecule has 240 valence electrons. The molecule has 0 fully saturated rings. The number of aliphatic hydroxyl groups is 1. The number of aliphatic hydroxyl groups excluding tert-OH is 1. The number of rotatable bonds is 14. The highest BCUT2D eigenvalue weighted by molar-refractivity contribution is 9.10. The summed E-state index contributed by atoms with van der Waals surface area (Å²) in [6, 6.07) is 20.8. The summed E-state index contributed by atoms with van der Waals surface area (Å²) in [6.07, 6.45) is -0.00866. The van der Waals surface area contributed by atoms with Crippen LogP contribution in [0.15, 0.2) is 82.3 Å². The van der Waals surface area contributed by atoms with Gasteiger partial charge in [0.25, 0.3) is 5.91 Å². The van der Waals surface area contributed by atoms with E-state index in [2.05, 4.69) is 26.8 Å². The van der Waals surface area contributed by atoms with Crippen molar-refractivity contribution < 1.29 is 33.3 Å². The number of nitrogens with one attached hydrogen (secondary N) is 2. The second-order valence-corrected chi connectivity index (χ2v) is 12.5. The third kappa shape index (κ3) is 9.35. The van der Waals surface area contributed by atoms with Gasteiger partial charge in [-0.2, -0.15) is 0 Å². The van der Waals surface area contributed by atoms with Crippen molar-refractivity contribution in [2.75, 3.05) is 19.8 Å². The number of hydrazine groups is 1. The van der Waals surface area contributed by atoms with Crippen LogP contribution >= 0.6 is 15.9 Å². The van der Waals surface area contributed by atoms with Gasteiger partial charge >= 0.3 is 5.97 Å². The van der Waals surface area contributed by atoms with E-state index in [4.69, 9.17) is 24.3 Å². The van der Waals surface area contributed by atoms with E-state index in [1.807, 2.05) is 30.3 Å². The second kappa shape index (κ2) is 15.5. The van der Waals surface area contributed by atoms with Gasteiger partial charge in [-0.05, 0) is 81.6 Å². The number of benzene rings is 3. The summed E-state index contributed by atoms with van der Waals surface area (Å²) in [5.74, 6) is -0.442. The Balaban J connectivity index is 1.65. The number of carbonyl (C=O) groups excluding carboxylic acids is 2. The van der Waals surface area contributed by atoms with Crippen molar-refractivity contribution in [2.24, 2.45) is 4.99 Å². The summed E-state index contributed by atoms with van der Waals surface area (Å²) in [5, 5.41) is 9.03. The molecular formula is C34H39BrFN3O6. The van der Waals surface area contributed by atoms with Crippen molar-refractivity contribution >= 4 is 33.7 Å². The molecule has 3 aromatic carbocycles. The zero-order valence-electron chi connectivity index (χ0n) is 25.6. The first kappa shape index (κ1) is 34.1. The molecule has 1 aliphatic rings. The van der Waals surface area contributed by atoms with Gasteiger partial charge in [0.2, 0.25) is 5.90 Å². The van der Waals surface area contributed by atoms with E-state index >= 15 is 0 Å². The molecule has 0 aromatic heterocycles. The van der Waals surface area contributed by atoms with E-state index in [0.29, 0.717) is 47.3 Å². The molecule has 9 nitrogen and oxygen atoms in total. The maximum atomic E-state index is 14.2. The first-order valence-corrected chi connectivity index (χ1v) is 15.6. The van der Waals surface area contributed by atoms with E-state index in [9.17, 15) is 14.0 Å². The lowest BCUT2D eigenvalue weighted by Crippen LogP contribution is -2.53. The number of esters is 1. The van der Waals surface area contributed by atoms with E-state index in [0.717, 1.165) is 5.56 Å². The molecule has 0 aliphatic carbocycles. The molecule has 0 saturated carbocycles. The van der Waals surface area contributed by atoms with Gasteiger partial charge in [-0.3, -0.25) is 15.0 Å². The molecule has 1 amide bonds. The fourth-order valence-electron chi connectivity index (χ4n) is 4.87. The van der Waals surface area contributed by atoms with Crippen LogP contribution in [-0.2, 0) is 25.5 Å². The highest BCUT2D eigenvalue weighted by atomic mass is 79.9. The number of aliphatic imine (C=N–C) groups is 1. The molecule has 11 heteroatoms. The van der Waals surface area contributed by atoms with E-state index < -0.39 is 29.1 Å². The SMILES string of the molecule is CC(C)(C)OC(=O)CC[C@]1(C(=O)NNCCc2cccc(F)c2)N=C(c2ccc(OCCCO)cc2)O[C@H]1c1ccccc1Br. The summed E-state index contributed by atoms with van der Waals surface area (Å²) >= 11 is 3.60. The van der Waals surface area contributed by atoms with Crippen LogP contribution in [0.3, 0.4) is 0 Å². The van der Waals surface area contributed by atoms with Crippen LogP contribution < -0.4 is 15.6 Å². The smallest absolute Gasteiger partial charge is 0.306 e. The van der Waals surface area contributed by atoms with Crippen LogP contribution in [0.1, 0.15) is 62.8 Å². The number of ether oxygens (including phenoxy) is 3. The normalized spacial score (nSPS) is 17.7. The number of carbonyl (C=O) groups is 2. The molecule has 0 radical (unpaired) electrons. The lowest BCUT2D eigenvalue weighted by molar-refractivity contribution is -0.155. The summed E-state index contributed by atoms with van der Waals surface area (Å²) < 4.78 is 32.1. The van der Waals surface area contributed by atoms with Crippen molar-refractivity contribution in [1.29, 1.82) is 0 Å². The molecule has 1 heterocycles. The molecule has 0 unspecified atom stereocenters. The van der Waals surface area contributed by atoms with Gasteiger partial charge in [-0.25, -0.2) is 14.8 Å². The number of hydrogen-bond acceptors (Lipinski definition) is 8. The van der Waals surface area contributed by atoms with E-state index in [-0.39, 0.29) is 31.2 Å². The van der Waals surface area contributed by atoms with Crippen molar-refractivity contribution in [3.05, 3.63) is 99.8 Å². The molecule has 2 atom stereocenters. The van der Waals surface area contributed by atoms with Crippen molar-refractivity contribution in [3.8, 4) is 5.75 Å². The Morgan fingerprint density at radius 1 is 1.09 bits per heavy atom. The van der Waals surface area contributed by atoms with Gasteiger partial charge in [0.1, 0.15) is 17.2 Å². The van der Waals surface area contributed by atoms with Gasteiger partial charge in [-0.15, -0.1) is 0 Å². The highest BCUT2D eigenvalue weighted by Crippen LogP contribution is 2.45. The van der Waals surface area contributed by atoms with Gasteiger partial charge < -0.3 is 19.3 Å². The van der Waals surface area contributed by atoms with Crippen LogP contribution in [0.2, 0.25) is 0 Å². The highest BCUT2D eigenvalue weighted by Gasteiger charge is 2.54. The average Bonchev–Trinajstić information content (AvgIpc) is 3.39. The van der Waals surface area contributed by atoms with Crippen LogP contribution in [0.4, 0.5) is 4.39 Å². The minimum atomic E-state index is -1.56. The van der Waals surface area contributed by atoms with Gasteiger partial charge in [-0.1, -0.05) is 46.3 Å². The summed E-state index contributed by atoms with van der Waals surface area (Å²) in [5.41, 5.74) is 5.53. The fourth-order valence-corrected chi connectivity index (χ4v) is 5.36. The van der Waals surface area contributed by atoms with E-state index in [1.165, 1.54) is 12.1 Å². The zero-order valence-corrected chi connectivity index (χ0v) is 27.2. The standard InChI is InChI=1S/C34H39BrFN3O6/c1-33(2,3)45-29(41)16-18-34(32(42)39-37-19-17-23-8-6-9-25(36)22-23)30(27-10-4-5-11-28(27)35)44-31(38-34)24-12-14-26(15-13-24)43-21-7-20-40/h4-6,8-15,22,30,37,40H,7,16-21H2,1-3H3,(H,39,42)/t30-,34-/m0/s1. The Kier molecular flexibility index (Phi) is 11.7. The summed E-state index contributed by atoms with van der Waals surface area (Å²) in [6.45, 7) is 6.08. The number of nitrogens with zero attached hydrogens (tertiary/aromatic N) is 1. The molecular weight excluding hydrogens is 645 g/mol. The Morgan fingerprint density at radius 2 is 1.84 bits per heavy atom. The van der Waals surface area contributed by atoms with Gasteiger partial charge in [0, 0.05) is 41.6 Å². The van der Waals surface area contributed by atoms with Crippen LogP contribution in [0.25, 0.3) is 0 Å². The number of amides is 1. The largest absolute Gasteiger partial charge is 0.494 e. The Labute approximate surface area is 271 Å². The lowest BCUT2D eigenvalue weighted by Gasteiger charge is -2.31. The molecule has 45 heavy (non-hydrogen) atoms. The van der Waals surface area contributed by atoms with Crippen molar-refractivity contribution in [2.45, 2.75) is 63.7 Å². The molecule has 3 aromatic rings. The third-order valence-corrected chi connectivity index (χ3v) is 7.70. The first-order valence-electron chi connectivity index (χ1n) is 14.9. The third-order valence-electron chi connectivity index (χ3n) is 6.98. The minimum Gasteiger partial charge on any atom is -0.494 e. The quantitative estimate of drug-likeness (QED) is 0.115. The molecule has 4 rings (SSSR count). The molecule has 0 spiro atoms. The summed E-state index contributed by atoms with van der Waals surface area (Å²) in [4.78, 5) is 32.0. The minimum absolute atomic E-state index is 0.00280. The number of hydrogen-bond donors (Lipinski definition) is 3. The van der Waals surface area contributed by atoms with Crippen molar-refractivity contribution in [1.82, 2.24) is 10.9 Å². The molecule has 3 N–H and O–H groups in total. The maximum Gasteiger partial charge on any atom is 0.306 e. The zero-order chi connectivity index (χ0) is 32.5. The summed E-state index contributed by atoms with van der Waals surface area (Å²) in [7, 11) is 0. The van der Waals surface area contributed by atoms with E-state index in [1.54, 1.807) is 51.1 Å². The molecule has 0 saturated heterocycles. The molecule has 0 bridgehead atoms. The van der Waals surface area contributed by atoms with Crippen LogP contribution in [0, 0.1) is 5.82 Å². The Hall–Kier alpha value is -3.80. The average molecular weight is 685 g/mol. The monoisotopic (exact) mass is 683 g/mol. The van der Waals surface area contributed by atoms with Crippen molar-refractivity contribution in [3.63, 3.8) is 0 Å². The lowest BCUT2D eigenvalue weighted by atomic mass is 9.83. The topological polar surface area (TPSA) is 118 Å². The predicted octanol–water partition coefficient (Wildman–Crippen LogP) is 5.59.